The molecule has 1 rings (SSSR count). The number of carbonyl (C=O) groups excluding carboxylic acids is 2. The van der Waals surface area contributed by atoms with Crippen molar-refractivity contribution in [1.29, 1.82) is 0 Å². The van der Waals surface area contributed by atoms with Crippen molar-refractivity contribution < 1.29 is 23.8 Å². The highest BCUT2D eigenvalue weighted by atomic mass is 35.5. The van der Waals surface area contributed by atoms with E-state index in [4.69, 9.17) is 25.8 Å². The molecule has 0 unspecified atom stereocenters. The molecule has 1 N–H and O–H groups in total. The van der Waals surface area contributed by atoms with Crippen LogP contribution in [0.5, 0.6) is 5.75 Å². The molecule has 0 radical (unpaired) electrons. The lowest BCUT2D eigenvalue weighted by atomic mass is 10.2. The second-order valence-electron chi connectivity index (χ2n) is 5.37. The van der Waals surface area contributed by atoms with Gasteiger partial charge in [-0.25, -0.2) is 9.59 Å². The van der Waals surface area contributed by atoms with E-state index in [0.29, 0.717) is 11.4 Å². The van der Waals surface area contributed by atoms with Crippen molar-refractivity contribution in [3.05, 3.63) is 23.2 Å². The molecule has 122 valence electrons. The van der Waals surface area contributed by atoms with Crippen molar-refractivity contribution in [3.8, 4) is 5.75 Å². The summed E-state index contributed by atoms with van der Waals surface area (Å²) in [7, 11) is 0. The van der Waals surface area contributed by atoms with Gasteiger partial charge in [0.1, 0.15) is 11.4 Å². The van der Waals surface area contributed by atoms with Crippen LogP contribution in [-0.4, -0.2) is 30.9 Å². The molecule has 0 saturated heterocycles. The smallest absolute Gasteiger partial charge is 0.412 e. The first-order valence-electron chi connectivity index (χ1n) is 6.79. The van der Waals surface area contributed by atoms with E-state index in [2.05, 4.69) is 5.32 Å². The standard InChI is InChI=1S/C15H20ClNO5/c1-5-20-13(18)9-21-12-7-6-10(8-11(12)16)17-14(19)22-15(2,3)4/h6-8H,5,9H2,1-4H3,(H,17,19). The summed E-state index contributed by atoms with van der Waals surface area (Å²) in [6.07, 6.45) is -0.580. The maximum atomic E-state index is 11.6. The minimum Gasteiger partial charge on any atom is -0.480 e. The number of nitrogens with one attached hydrogen (secondary N) is 1. The van der Waals surface area contributed by atoms with E-state index in [1.54, 1.807) is 39.8 Å². The van der Waals surface area contributed by atoms with Crippen LogP contribution < -0.4 is 10.1 Å². The van der Waals surface area contributed by atoms with Gasteiger partial charge in [-0.1, -0.05) is 11.6 Å². The minimum absolute atomic E-state index is 0.230. The van der Waals surface area contributed by atoms with Crippen molar-refractivity contribution in [3.63, 3.8) is 0 Å². The Bertz CT molecular complexity index is 539. The summed E-state index contributed by atoms with van der Waals surface area (Å²) >= 11 is 6.04. The SMILES string of the molecule is CCOC(=O)COc1ccc(NC(=O)OC(C)(C)C)cc1Cl. The zero-order chi connectivity index (χ0) is 16.8. The second-order valence-corrected chi connectivity index (χ2v) is 5.77. The Morgan fingerprint density at radius 2 is 1.95 bits per heavy atom. The molecule has 0 fully saturated rings. The summed E-state index contributed by atoms with van der Waals surface area (Å²) in [5.41, 5.74) is -0.126. The molecule has 6 nitrogen and oxygen atoms in total. The molecule has 0 aromatic heterocycles. The first-order valence-corrected chi connectivity index (χ1v) is 7.17. The minimum atomic E-state index is -0.587. The molecule has 1 aromatic rings. The van der Waals surface area contributed by atoms with Crippen LogP contribution in [0, 0.1) is 0 Å². The van der Waals surface area contributed by atoms with Crippen LogP contribution in [0.15, 0.2) is 18.2 Å². The van der Waals surface area contributed by atoms with Crippen LogP contribution in [0.25, 0.3) is 0 Å². The van der Waals surface area contributed by atoms with Crippen LogP contribution in [0.4, 0.5) is 10.5 Å². The van der Waals surface area contributed by atoms with E-state index in [1.807, 2.05) is 0 Å². The van der Waals surface area contributed by atoms with Gasteiger partial charge in [0.25, 0.3) is 0 Å². The largest absolute Gasteiger partial charge is 0.480 e. The summed E-state index contributed by atoms with van der Waals surface area (Å²) in [5, 5.41) is 2.82. The lowest BCUT2D eigenvalue weighted by Crippen LogP contribution is -2.27. The summed E-state index contributed by atoms with van der Waals surface area (Å²) in [4.78, 5) is 22.9. The van der Waals surface area contributed by atoms with Crippen LogP contribution in [0.3, 0.4) is 0 Å². The molecule has 22 heavy (non-hydrogen) atoms. The average molecular weight is 330 g/mol. The van der Waals surface area contributed by atoms with E-state index in [0.717, 1.165) is 0 Å². The van der Waals surface area contributed by atoms with E-state index in [-0.39, 0.29) is 18.2 Å². The van der Waals surface area contributed by atoms with Crippen LogP contribution >= 0.6 is 11.6 Å². The Morgan fingerprint density at radius 3 is 2.50 bits per heavy atom. The summed E-state index contributed by atoms with van der Waals surface area (Å²) < 4.78 is 15.1. The third kappa shape index (κ3) is 6.67. The fourth-order valence-corrected chi connectivity index (χ4v) is 1.69. The first-order chi connectivity index (χ1) is 10.2. The van der Waals surface area contributed by atoms with E-state index in [1.165, 1.54) is 6.07 Å². The summed E-state index contributed by atoms with van der Waals surface area (Å²) in [5.74, 6) is -0.154. The Kier molecular flexibility index (Phi) is 6.49. The fourth-order valence-electron chi connectivity index (χ4n) is 1.46. The molecule has 7 heteroatoms. The number of benzene rings is 1. The van der Waals surface area contributed by atoms with Gasteiger partial charge < -0.3 is 14.2 Å². The number of anilines is 1. The van der Waals surface area contributed by atoms with Gasteiger partial charge >= 0.3 is 12.1 Å². The number of amides is 1. The molecule has 0 atom stereocenters. The average Bonchev–Trinajstić information content (AvgIpc) is 2.35. The van der Waals surface area contributed by atoms with Crippen molar-refractivity contribution in [2.75, 3.05) is 18.5 Å². The van der Waals surface area contributed by atoms with Crippen molar-refractivity contribution in [2.45, 2.75) is 33.3 Å². The zero-order valence-electron chi connectivity index (χ0n) is 13.1. The third-order valence-corrected chi connectivity index (χ3v) is 2.52. The Morgan fingerprint density at radius 1 is 1.27 bits per heavy atom. The highest BCUT2D eigenvalue weighted by Crippen LogP contribution is 2.28. The number of hydrogen-bond donors (Lipinski definition) is 1. The van der Waals surface area contributed by atoms with Gasteiger partial charge in [0.05, 0.1) is 11.6 Å². The van der Waals surface area contributed by atoms with Crippen molar-refractivity contribution in [1.82, 2.24) is 0 Å². The fraction of sp³-hybridized carbons (Fsp3) is 0.467. The molecule has 0 bridgehead atoms. The van der Waals surface area contributed by atoms with Gasteiger partial charge in [0.2, 0.25) is 0 Å². The quantitative estimate of drug-likeness (QED) is 0.835. The topological polar surface area (TPSA) is 73.9 Å². The van der Waals surface area contributed by atoms with Gasteiger partial charge in [-0.05, 0) is 45.9 Å². The van der Waals surface area contributed by atoms with Crippen molar-refractivity contribution in [2.24, 2.45) is 0 Å². The Hall–Kier alpha value is -1.95. The maximum Gasteiger partial charge on any atom is 0.412 e. The van der Waals surface area contributed by atoms with Gasteiger partial charge in [0, 0.05) is 5.69 Å². The van der Waals surface area contributed by atoms with Crippen LogP contribution in [-0.2, 0) is 14.3 Å². The lowest BCUT2D eigenvalue weighted by molar-refractivity contribution is -0.145. The van der Waals surface area contributed by atoms with Crippen molar-refractivity contribution >= 4 is 29.4 Å². The van der Waals surface area contributed by atoms with E-state index >= 15 is 0 Å². The normalized spacial score (nSPS) is 10.8. The van der Waals surface area contributed by atoms with Crippen LogP contribution in [0.1, 0.15) is 27.7 Å². The summed E-state index contributed by atoms with van der Waals surface area (Å²) in [6, 6.07) is 4.65. The van der Waals surface area contributed by atoms with Crippen LogP contribution in [0.2, 0.25) is 5.02 Å². The highest BCUT2D eigenvalue weighted by Gasteiger charge is 2.16. The molecule has 0 aliphatic heterocycles. The number of rotatable bonds is 5. The van der Waals surface area contributed by atoms with Gasteiger partial charge in [0.15, 0.2) is 6.61 Å². The monoisotopic (exact) mass is 329 g/mol. The van der Waals surface area contributed by atoms with Gasteiger partial charge in [-0.2, -0.15) is 0 Å². The lowest BCUT2D eigenvalue weighted by Gasteiger charge is -2.19. The molecule has 0 aliphatic carbocycles. The molecule has 1 aromatic carbocycles. The van der Waals surface area contributed by atoms with E-state index < -0.39 is 17.7 Å². The highest BCUT2D eigenvalue weighted by molar-refractivity contribution is 6.32. The molecule has 0 heterocycles. The molecule has 0 spiro atoms. The van der Waals surface area contributed by atoms with Gasteiger partial charge in [-0.15, -0.1) is 0 Å². The third-order valence-electron chi connectivity index (χ3n) is 2.23. The Balaban J connectivity index is 2.62. The zero-order valence-corrected chi connectivity index (χ0v) is 13.8. The molecular weight excluding hydrogens is 310 g/mol. The number of esters is 1. The summed E-state index contributed by atoms with van der Waals surface area (Å²) in [6.45, 7) is 7.08. The molecule has 1 amide bonds. The molecule has 0 aliphatic rings. The Labute approximate surface area is 134 Å². The number of halogens is 1. The predicted octanol–water partition coefficient (Wildman–Crippen LogP) is 3.63. The predicted molar refractivity (Wildman–Crippen MR) is 83.4 cm³/mol. The second kappa shape index (κ2) is 7.89. The van der Waals surface area contributed by atoms with E-state index in [9.17, 15) is 9.59 Å². The number of ether oxygens (including phenoxy) is 3. The first kappa shape index (κ1) is 18.1. The molecular formula is C15H20ClNO5. The maximum absolute atomic E-state index is 11.6. The van der Waals surface area contributed by atoms with Gasteiger partial charge in [-0.3, -0.25) is 5.32 Å². The molecule has 0 saturated carbocycles. The number of carbonyl (C=O) groups is 2. The number of hydrogen-bond acceptors (Lipinski definition) is 5.